The first-order valence-corrected chi connectivity index (χ1v) is 17.1. The number of hydrazone groups is 1. The lowest BCUT2D eigenvalue weighted by atomic mass is 9.93. The van der Waals surface area contributed by atoms with E-state index in [4.69, 9.17) is 23.2 Å². The van der Waals surface area contributed by atoms with Crippen molar-refractivity contribution in [3.63, 3.8) is 0 Å². The Bertz CT molecular complexity index is 1450. The van der Waals surface area contributed by atoms with E-state index >= 15 is 0 Å². The number of aryl methyl sites for hydroxylation is 1. The highest BCUT2D eigenvalue weighted by atomic mass is 35.5. The molecular weight excluding hydrogens is 585 g/mol. The van der Waals surface area contributed by atoms with Crippen molar-refractivity contribution in [3.8, 4) is 0 Å². The number of rotatable bonds is 9. The van der Waals surface area contributed by atoms with Crippen LogP contribution in [0.5, 0.6) is 0 Å². The van der Waals surface area contributed by atoms with Gasteiger partial charge in [0, 0.05) is 53.3 Å². The van der Waals surface area contributed by atoms with Crippen molar-refractivity contribution < 1.29 is 0 Å². The summed E-state index contributed by atoms with van der Waals surface area (Å²) in [6.45, 7) is 12.8. The number of nitrogens with zero attached hydrogens (tertiary/aromatic N) is 5. The highest BCUT2D eigenvalue weighted by Gasteiger charge is 2.27. The summed E-state index contributed by atoms with van der Waals surface area (Å²) >= 11 is 12.6. The zero-order valence-corrected chi connectivity index (χ0v) is 27.6. The Labute approximate surface area is 273 Å². The molecule has 0 radical (unpaired) electrons. The summed E-state index contributed by atoms with van der Waals surface area (Å²) < 4.78 is 0. The molecule has 3 atom stereocenters. The molecule has 0 amide bonds. The fourth-order valence-corrected chi connectivity index (χ4v) is 7.62. The number of anilines is 3. The van der Waals surface area contributed by atoms with Gasteiger partial charge in [0.15, 0.2) is 0 Å². The van der Waals surface area contributed by atoms with Gasteiger partial charge < -0.3 is 9.80 Å². The quantitative estimate of drug-likeness (QED) is 0.235. The van der Waals surface area contributed by atoms with Crippen LogP contribution in [0.1, 0.15) is 69.4 Å². The molecule has 7 heteroatoms. The van der Waals surface area contributed by atoms with Crippen LogP contribution in [0, 0.1) is 5.92 Å². The van der Waals surface area contributed by atoms with Gasteiger partial charge in [0.05, 0.1) is 6.04 Å². The van der Waals surface area contributed by atoms with Crippen molar-refractivity contribution in [2.75, 3.05) is 40.9 Å². The summed E-state index contributed by atoms with van der Waals surface area (Å²) in [7, 11) is 0. The van der Waals surface area contributed by atoms with Gasteiger partial charge in [-0.25, -0.2) is 5.01 Å². The smallest absolute Gasteiger partial charge is 0.128 e. The number of hydrogen-bond donors (Lipinski definition) is 0. The largest absolute Gasteiger partial charge is 0.370 e. The van der Waals surface area contributed by atoms with Crippen LogP contribution in [-0.2, 0) is 6.42 Å². The maximum atomic E-state index is 6.51. The Morgan fingerprint density at radius 1 is 0.864 bits per heavy atom. The van der Waals surface area contributed by atoms with Crippen LogP contribution in [0.25, 0.3) is 0 Å². The molecule has 1 saturated heterocycles. The van der Waals surface area contributed by atoms with Crippen molar-refractivity contribution in [1.82, 2.24) is 5.01 Å². The van der Waals surface area contributed by atoms with Crippen molar-refractivity contribution in [1.29, 1.82) is 0 Å². The van der Waals surface area contributed by atoms with Crippen LogP contribution in [0.15, 0.2) is 84.2 Å². The van der Waals surface area contributed by atoms with Gasteiger partial charge in [0.1, 0.15) is 12.2 Å². The molecule has 0 N–H and O–H groups in total. The predicted octanol–water partition coefficient (Wildman–Crippen LogP) is 9.56. The van der Waals surface area contributed by atoms with Crippen LogP contribution < -0.4 is 14.7 Å². The molecule has 2 unspecified atom stereocenters. The molecule has 1 saturated carbocycles. The highest BCUT2D eigenvalue weighted by Crippen LogP contribution is 2.43. The molecule has 0 bridgehead atoms. The lowest BCUT2D eigenvalue weighted by Gasteiger charge is -2.27. The first-order valence-electron chi connectivity index (χ1n) is 16.3. The molecule has 3 aromatic carbocycles. The molecule has 2 heterocycles. The third-order valence-electron chi connectivity index (χ3n) is 9.92. The molecule has 0 spiro atoms. The zero-order valence-electron chi connectivity index (χ0n) is 26.1. The molecule has 3 aromatic rings. The van der Waals surface area contributed by atoms with Gasteiger partial charge in [0.2, 0.25) is 0 Å². The van der Waals surface area contributed by atoms with Crippen molar-refractivity contribution >= 4 is 46.6 Å². The molecule has 2 fully saturated rings. The Kier molecular flexibility index (Phi) is 9.73. The Morgan fingerprint density at radius 2 is 1.52 bits per heavy atom. The van der Waals surface area contributed by atoms with E-state index in [-0.39, 0.29) is 0 Å². The van der Waals surface area contributed by atoms with E-state index in [1.54, 1.807) is 0 Å². The number of benzene rings is 3. The van der Waals surface area contributed by atoms with Crippen LogP contribution in [0.3, 0.4) is 0 Å². The standard InChI is InChI=1S/C37H45Cl2N5/c1-4-27(2)44-28(3)43(26-40-44)35-17-15-34(16-18-35)42-21-5-20-41(22-23-42)33-13-9-29(10-14-33)6-7-30-8-11-31(24-30)36-19-12-32(38)25-37(36)39/h9-10,12-19,25-27,30-31H,3-8,11,20-24H2,1-2H3/t27?,30-,31?/m1/s1. The maximum absolute atomic E-state index is 6.51. The maximum Gasteiger partial charge on any atom is 0.128 e. The molecule has 5 nitrogen and oxygen atoms in total. The van der Waals surface area contributed by atoms with Crippen molar-refractivity contribution in [2.24, 2.45) is 11.0 Å². The number of halogens is 2. The molecule has 1 aliphatic carbocycles. The van der Waals surface area contributed by atoms with Gasteiger partial charge in [-0.15, -0.1) is 0 Å². The normalized spacial score (nSPS) is 21.3. The van der Waals surface area contributed by atoms with Crippen LogP contribution >= 0.6 is 23.2 Å². The minimum absolute atomic E-state index is 0.339. The van der Waals surface area contributed by atoms with E-state index in [1.807, 2.05) is 23.5 Å². The van der Waals surface area contributed by atoms with Crippen LogP contribution in [0.4, 0.5) is 17.1 Å². The SMILES string of the molecule is C=C1N(c2ccc(N3CCCN(c4ccc(CC[C@@H]5CCC(c6ccc(Cl)cc6Cl)C5)cc4)CC3)cc2)C=NN1C(C)CC. The van der Waals surface area contributed by atoms with Gasteiger partial charge in [0.25, 0.3) is 0 Å². The Morgan fingerprint density at radius 3 is 2.18 bits per heavy atom. The van der Waals surface area contributed by atoms with E-state index in [1.165, 1.54) is 48.2 Å². The zero-order chi connectivity index (χ0) is 30.6. The lowest BCUT2D eigenvalue weighted by molar-refractivity contribution is 0.286. The molecule has 44 heavy (non-hydrogen) atoms. The second kappa shape index (κ2) is 13.9. The van der Waals surface area contributed by atoms with E-state index in [0.717, 1.165) is 67.9 Å². The lowest BCUT2D eigenvalue weighted by Crippen LogP contribution is -2.31. The number of hydrogen-bond acceptors (Lipinski definition) is 5. The molecule has 3 aliphatic rings. The molecule has 6 rings (SSSR count). The topological polar surface area (TPSA) is 25.3 Å². The highest BCUT2D eigenvalue weighted by molar-refractivity contribution is 6.35. The van der Waals surface area contributed by atoms with E-state index < -0.39 is 0 Å². The molecular formula is C37H45Cl2N5. The van der Waals surface area contributed by atoms with Crippen molar-refractivity contribution in [2.45, 2.75) is 70.8 Å². The van der Waals surface area contributed by atoms with Gasteiger partial charge in [-0.05, 0) is 123 Å². The Balaban J connectivity index is 0.983. The summed E-state index contributed by atoms with van der Waals surface area (Å²) in [6, 6.07) is 24.5. The Hall–Kier alpha value is -3.15. The molecule has 232 valence electrons. The second-order valence-electron chi connectivity index (χ2n) is 12.7. The third-order valence-corrected chi connectivity index (χ3v) is 10.5. The third kappa shape index (κ3) is 6.89. The summed E-state index contributed by atoms with van der Waals surface area (Å²) in [5.74, 6) is 2.24. The summed E-state index contributed by atoms with van der Waals surface area (Å²) in [5, 5.41) is 8.12. The van der Waals surface area contributed by atoms with Gasteiger partial charge in [-0.3, -0.25) is 4.90 Å². The minimum Gasteiger partial charge on any atom is -0.370 e. The fraction of sp³-hybridized carbons (Fsp3) is 0.432. The summed E-state index contributed by atoms with van der Waals surface area (Å²) in [4.78, 5) is 7.14. The van der Waals surface area contributed by atoms with Crippen LogP contribution in [-0.4, -0.2) is 43.6 Å². The van der Waals surface area contributed by atoms with Crippen LogP contribution in [0.2, 0.25) is 10.0 Å². The first kappa shape index (κ1) is 30.9. The second-order valence-corrected chi connectivity index (χ2v) is 13.6. The van der Waals surface area contributed by atoms with E-state index in [9.17, 15) is 0 Å². The molecule has 2 aliphatic heterocycles. The minimum atomic E-state index is 0.339. The fourth-order valence-electron chi connectivity index (χ4n) is 7.06. The van der Waals surface area contributed by atoms with Gasteiger partial charge in [-0.2, -0.15) is 5.10 Å². The predicted molar refractivity (Wildman–Crippen MR) is 188 cm³/mol. The first-order chi connectivity index (χ1) is 21.4. The van der Waals surface area contributed by atoms with E-state index in [0.29, 0.717) is 17.0 Å². The summed E-state index contributed by atoms with van der Waals surface area (Å²) in [6.07, 6.45) is 10.2. The molecule has 0 aromatic heterocycles. The van der Waals surface area contributed by atoms with E-state index in [2.05, 4.69) is 94.8 Å². The summed E-state index contributed by atoms with van der Waals surface area (Å²) in [5.41, 5.74) is 6.42. The van der Waals surface area contributed by atoms with Gasteiger partial charge >= 0.3 is 0 Å². The average Bonchev–Trinajstić information content (AvgIpc) is 3.58. The van der Waals surface area contributed by atoms with Crippen molar-refractivity contribution in [3.05, 3.63) is 100 Å². The average molecular weight is 631 g/mol. The van der Waals surface area contributed by atoms with Gasteiger partial charge in [-0.1, -0.05) is 54.9 Å². The monoisotopic (exact) mass is 629 g/mol.